The molecule has 0 spiro atoms. The predicted molar refractivity (Wildman–Crippen MR) is 143 cm³/mol. The smallest absolute Gasteiger partial charge is 0.265 e. The van der Waals surface area contributed by atoms with Gasteiger partial charge >= 0.3 is 0 Å². The fourth-order valence-electron chi connectivity index (χ4n) is 4.23. The van der Waals surface area contributed by atoms with Gasteiger partial charge < -0.3 is 19.3 Å². The van der Waals surface area contributed by atoms with Gasteiger partial charge in [-0.15, -0.1) is 22.7 Å². The van der Waals surface area contributed by atoms with Crippen LogP contribution in [0.15, 0.2) is 36.4 Å². The van der Waals surface area contributed by atoms with E-state index in [2.05, 4.69) is 0 Å². The van der Waals surface area contributed by atoms with E-state index in [1.807, 2.05) is 36.4 Å². The fourth-order valence-corrected chi connectivity index (χ4v) is 7.25. The van der Waals surface area contributed by atoms with Crippen molar-refractivity contribution < 1.29 is 19.1 Å². The van der Waals surface area contributed by atoms with Gasteiger partial charge in [-0.3, -0.25) is 9.59 Å². The second kappa shape index (κ2) is 9.85. The molecule has 1 saturated heterocycles. The Bertz CT molecular complexity index is 1340. The van der Waals surface area contributed by atoms with Gasteiger partial charge in [0.2, 0.25) is 0 Å². The van der Waals surface area contributed by atoms with Crippen LogP contribution in [0, 0.1) is 0 Å². The Morgan fingerprint density at radius 2 is 1.17 bits per heavy atom. The number of hydrogen-bond acceptors (Lipinski definition) is 6. The lowest BCUT2D eigenvalue weighted by molar-refractivity contribution is 0.0724. The van der Waals surface area contributed by atoms with E-state index in [0.29, 0.717) is 52.4 Å². The van der Waals surface area contributed by atoms with Gasteiger partial charge in [-0.25, -0.2) is 0 Å². The van der Waals surface area contributed by atoms with Gasteiger partial charge in [0.05, 0.1) is 24.3 Å². The molecule has 0 N–H and O–H groups in total. The van der Waals surface area contributed by atoms with Gasteiger partial charge in [0.25, 0.3) is 11.8 Å². The standard InChI is InChI=1S/C25H22Cl2N2O4S2/c1-32-14-4-6-16-18(12-14)34-22(20(16)26)24(30)28-8-3-9-29(11-10-28)25(31)23-21(27)17-7-5-15(33-2)13-19(17)35-23/h4-7,12-13H,3,8-11H2,1-2H3. The molecule has 182 valence electrons. The van der Waals surface area contributed by atoms with Crippen LogP contribution >= 0.6 is 45.9 Å². The van der Waals surface area contributed by atoms with Crippen molar-refractivity contribution >= 4 is 77.9 Å². The summed E-state index contributed by atoms with van der Waals surface area (Å²) in [6.07, 6.45) is 0.671. The summed E-state index contributed by atoms with van der Waals surface area (Å²) in [5.41, 5.74) is 0. The van der Waals surface area contributed by atoms with Crippen LogP contribution in [0.2, 0.25) is 10.0 Å². The summed E-state index contributed by atoms with van der Waals surface area (Å²) in [7, 11) is 3.21. The third-order valence-corrected chi connectivity index (χ3v) is 9.42. The van der Waals surface area contributed by atoms with Crippen LogP contribution < -0.4 is 9.47 Å². The topological polar surface area (TPSA) is 59.1 Å². The van der Waals surface area contributed by atoms with Gasteiger partial charge in [-0.1, -0.05) is 23.2 Å². The Hall–Kier alpha value is -2.52. The first-order chi connectivity index (χ1) is 16.9. The Morgan fingerprint density at radius 1 is 0.743 bits per heavy atom. The van der Waals surface area contributed by atoms with E-state index in [1.54, 1.807) is 24.0 Å². The lowest BCUT2D eigenvalue weighted by atomic mass is 10.2. The van der Waals surface area contributed by atoms with Crippen LogP contribution in [-0.2, 0) is 0 Å². The molecule has 4 aromatic rings. The summed E-state index contributed by atoms with van der Waals surface area (Å²) in [6, 6.07) is 11.2. The lowest BCUT2D eigenvalue weighted by Gasteiger charge is -2.21. The largest absolute Gasteiger partial charge is 0.497 e. The highest BCUT2D eigenvalue weighted by atomic mass is 35.5. The van der Waals surface area contributed by atoms with Gasteiger partial charge in [0.15, 0.2) is 0 Å². The molecule has 35 heavy (non-hydrogen) atoms. The maximum Gasteiger partial charge on any atom is 0.265 e. The van der Waals surface area contributed by atoms with Gasteiger partial charge in [-0.05, 0) is 42.8 Å². The zero-order valence-electron chi connectivity index (χ0n) is 19.1. The molecule has 1 fully saturated rings. The highest BCUT2D eigenvalue weighted by Gasteiger charge is 2.28. The van der Waals surface area contributed by atoms with Crippen molar-refractivity contribution in [2.75, 3.05) is 40.4 Å². The first-order valence-corrected chi connectivity index (χ1v) is 13.4. The minimum absolute atomic E-state index is 0.114. The van der Waals surface area contributed by atoms with E-state index in [-0.39, 0.29) is 11.8 Å². The van der Waals surface area contributed by atoms with Crippen LogP contribution in [0.25, 0.3) is 20.2 Å². The van der Waals surface area contributed by atoms with Crippen LogP contribution in [0.5, 0.6) is 11.5 Å². The molecule has 0 atom stereocenters. The molecule has 10 heteroatoms. The summed E-state index contributed by atoms with van der Waals surface area (Å²) in [5.74, 6) is 1.21. The number of ether oxygens (including phenoxy) is 2. The minimum atomic E-state index is -0.114. The molecule has 0 saturated carbocycles. The number of carbonyl (C=O) groups is 2. The van der Waals surface area contributed by atoms with Crippen molar-refractivity contribution in [3.05, 3.63) is 56.2 Å². The average Bonchev–Trinajstić information content (AvgIpc) is 3.26. The highest BCUT2D eigenvalue weighted by Crippen LogP contribution is 2.39. The molecule has 6 nitrogen and oxygen atoms in total. The number of carbonyl (C=O) groups excluding carboxylic acids is 2. The molecule has 2 amide bonds. The van der Waals surface area contributed by atoms with Crippen LogP contribution in [-0.4, -0.2) is 62.0 Å². The SMILES string of the molecule is COc1ccc2c(Cl)c(C(=O)N3CCCN(C(=O)c4sc5cc(OC)ccc5c4Cl)CC3)sc2c1. The second-order valence-electron chi connectivity index (χ2n) is 8.15. The quantitative estimate of drug-likeness (QED) is 0.295. The maximum absolute atomic E-state index is 13.4. The van der Waals surface area contributed by atoms with Crippen LogP contribution in [0.4, 0.5) is 0 Å². The fraction of sp³-hybridized carbons (Fsp3) is 0.280. The third-order valence-electron chi connectivity index (χ3n) is 6.13. The van der Waals surface area contributed by atoms with Gasteiger partial charge in [0.1, 0.15) is 21.3 Å². The molecule has 0 radical (unpaired) electrons. The van der Waals surface area contributed by atoms with Crippen molar-refractivity contribution in [2.24, 2.45) is 0 Å². The molecule has 2 aromatic heterocycles. The van der Waals surface area contributed by atoms with Crippen molar-refractivity contribution in [1.82, 2.24) is 9.80 Å². The maximum atomic E-state index is 13.4. The summed E-state index contributed by atoms with van der Waals surface area (Å²) in [5, 5.41) is 2.59. The van der Waals surface area contributed by atoms with Crippen molar-refractivity contribution in [3.63, 3.8) is 0 Å². The predicted octanol–water partition coefficient (Wildman–Crippen LogP) is 6.43. The normalized spacial score (nSPS) is 14.4. The molecule has 0 aliphatic carbocycles. The summed E-state index contributed by atoms with van der Waals surface area (Å²) < 4.78 is 12.4. The van der Waals surface area contributed by atoms with Crippen LogP contribution in [0.3, 0.4) is 0 Å². The molecular weight excluding hydrogens is 527 g/mol. The van der Waals surface area contributed by atoms with Crippen LogP contribution in [0.1, 0.15) is 25.8 Å². The number of thiophene rings is 2. The first kappa shape index (κ1) is 24.2. The molecular formula is C25H22Cl2N2O4S2. The Labute approximate surface area is 220 Å². The first-order valence-electron chi connectivity index (χ1n) is 11.0. The van der Waals surface area contributed by atoms with E-state index in [1.165, 1.54) is 22.7 Å². The van der Waals surface area contributed by atoms with Gasteiger partial charge in [0, 0.05) is 46.4 Å². The second-order valence-corrected chi connectivity index (χ2v) is 11.0. The zero-order valence-corrected chi connectivity index (χ0v) is 22.2. The van der Waals surface area contributed by atoms with Gasteiger partial charge in [-0.2, -0.15) is 0 Å². The Morgan fingerprint density at radius 3 is 1.57 bits per heavy atom. The van der Waals surface area contributed by atoms with E-state index >= 15 is 0 Å². The summed E-state index contributed by atoms with van der Waals surface area (Å²) in [6.45, 7) is 1.95. The number of amides is 2. The molecule has 5 rings (SSSR count). The number of hydrogen-bond donors (Lipinski definition) is 0. The number of benzene rings is 2. The van der Waals surface area contributed by atoms with Crippen molar-refractivity contribution in [1.29, 1.82) is 0 Å². The summed E-state index contributed by atoms with van der Waals surface area (Å²) in [4.78, 5) is 31.3. The molecule has 0 bridgehead atoms. The number of methoxy groups -OCH3 is 2. The van der Waals surface area contributed by atoms with E-state index in [4.69, 9.17) is 32.7 Å². The molecule has 3 heterocycles. The Kier molecular flexibility index (Phi) is 6.81. The number of rotatable bonds is 4. The number of fused-ring (bicyclic) bond motifs is 2. The number of nitrogens with zero attached hydrogens (tertiary/aromatic N) is 2. The molecule has 1 aliphatic heterocycles. The van der Waals surface area contributed by atoms with Crippen molar-refractivity contribution in [3.8, 4) is 11.5 Å². The lowest BCUT2D eigenvalue weighted by Crippen LogP contribution is -2.37. The molecule has 1 aliphatic rings. The zero-order chi connectivity index (χ0) is 24.7. The Balaban J connectivity index is 1.34. The highest BCUT2D eigenvalue weighted by molar-refractivity contribution is 7.22. The average molecular weight is 550 g/mol. The molecule has 2 aromatic carbocycles. The minimum Gasteiger partial charge on any atom is -0.497 e. The summed E-state index contributed by atoms with van der Waals surface area (Å²) >= 11 is 15.9. The number of halogens is 2. The van der Waals surface area contributed by atoms with E-state index in [9.17, 15) is 9.59 Å². The third kappa shape index (κ3) is 4.44. The monoisotopic (exact) mass is 548 g/mol. The van der Waals surface area contributed by atoms with E-state index < -0.39 is 0 Å². The van der Waals surface area contributed by atoms with Crippen molar-refractivity contribution in [2.45, 2.75) is 6.42 Å². The molecule has 0 unspecified atom stereocenters. The van der Waals surface area contributed by atoms with E-state index in [0.717, 1.165) is 31.7 Å².